The highest BCUT2D eigenvalue weighted by Crippen LogP contribution is 2.44. The Morgan fingerprint density at radius 3 is 2.59 bits per heavy atom. The molecule has 1 aliphatic heterocycles. The molecule has 27 heavy (non-hydrogen) atoms. The fraction of sp³-hybridized carbons (Fsp3) is 0.400. The Kier molecular flexibility index (Phi) is 6.72. The molecule has 144 valence electrons. The smallest absolute Gasteiger partial charge is 0.338 e. The summed E-state index contributed by atoms with van der Waals surface area (Å²) in [6.07, 6.45) is 1.22. The molecule has 2 rings (SSSR count). The van der Waals surface area contributed by atoms with E-state index >= 15 is 0 Å². The molecule has 1 aromatic rings. The zero-order chi connectivity index (χ0) is 20.0. The Morgan fingerprint density at radius 1 is 1.30 bits per heavy atom. The SMILES string of the molecule is CCCC1=C(C(=O)OCC)[C@@H](c2ccc(OC)cc2OC)C(C#N)=C(N)O1. The van der Waals surface area contributed by atoms with Gasteiger partial charge in [0.1, 0.15) is 28.9 Å². The summed E-state index contributed by atoms with van der Waals surface area (Å²) in [5.41, 5.74) is 7.03. The fourth-order valence-corrected chi connectivity index (χ4v) is 3.03. The Balaban J connectivity index is 2.73. The number of nitriles is 1. The predicted octanol–water partition coefficient (Wildman–Crippen LogP) is 3.13. The molecule has 0 saturated carbocycles. The average molecular weight is 372 g/mol. The number of methoxy groups -OCH3 is 2. The van der Waals surface area contributed by atoms with Crippen molar-refractivity contribution >= 4 is 5.97 Å². The number of allylic oxidation sites excluding steroid dienone is 2. The maximum atomic E-state index is 12.8. The highest BCUT2D eigenvalue weighted by molar-refractivity contribution is 5.93. The fourth-order valence-electron chi connectivity index (χ4n) is 3.03. The van der Waals surface area contributed by atoms with E-state index in [-0.39, 0.29) is 23.6 Å². The maximum absolute atomic E-state index is 12.8. The van der Waals surface area contributed by atoms with Crippen LogP contribution in [0.25, 0.3) is 0 Å². The van der Waals surface area contributed by atoms with Gasteiger partial charge in [0, 0.05) is 18.1 Å². The molecule has 0 amide bonds. The maximum Gasteiger partial charge on any atom is 0.338 e. The average Bonchev–Trinajstić information content (AvgIpc) is 2.67. The third-order valence-electron chi connectivity index (χ3n) is 4.22. The number of carbonyl (C=O) groups is 1. The normalized spacial score (nSPS) is 16.5. The molecule has 0 aliphatic carbocycles. The molecule has 0 spiro atoms. The van der Waals surface area contributed by atoms with Gasteiger partial charge < -0.3 is 24.7 Å². The van der Waals surface area contributed by atoms with Crippen LogP contribution in [0.15, 0.2) is 41.0 Å². The summed E-state index contributed by atoms with van der Waals surface area (Å²) in [5, 5.41) is 9.70. The van der Waals surface area contributed by atoms with Crippen LogP contribution >= 0.6 is 0 Å². The summed E-state index contributed by atoms with van der Waals surface area (Å²) in [5.74, 6) is 0.175. The van der Waals surface area contributed by atoms with Crippen LogP contribution in [0.1, 0.15) is 38.2 Å². The van der Waals surface area contributed by atoms with E-state index in [1.54, 1.807) is 32.2 Å². The van der Waals surface area contributed by atoms with Gasteiger partial charge in [0.2, 0.25) is 5.88 Å². The van der Waals surface area contributed by atoms with E-state index in [1.807, 2.05) is 6.92 Å². The Hall–Kier alpha value is -3.14. The monoisotopic (exact) mass is 372 g/mol. The second kappa shape index (κ2) is 8.99. The first kappa shape index (κ1) is 20.2. The van der Waals surface area contributed by atoms with Crippen LogP contribution in [0.2, 0.25) is 0 Å². The number of rotatable bonds is 7. The summed E-state index contributed by atoms with van der Waals surface area (Å²) < 4.78 is 21.6. The minimum Gasteiger partial charge on any atom is -0.497 e. The molecule has 0 aromatic heterocycles. The molecule has 0 unspecified atom stereocenters. The second-order valence-electron chi connectivity index (χ2n) is 5.84. The highest BCUT2D eigenvalue weighted by atomic mass is 16.5. The summed E-state index contributed by atoms with van der Waals surface area (Å²) in [6.45, 7) is 3.89. The molecule has 7 nitrogen and oxygen atoms in total. The Bertz CT molecular complexity index is 820. The van der Waals surface area contributed by atoms with Crippen LogP contribution in [0.5, 0.6) is 11.5 Å². The van der Waals surface area contributed by atoms with E-state index in [9.17, 15) is 10.1 Å². The van der Waals surface area contributed by atoms with Gasteiger partial charge in [-0.25, -0.2) is 4.79 Å². The third-order valence-corrected chi connectivity index (χ3v) is 4.22. The quantitative estimate of drug-likeness (QED) is 0.733. The zero-order valence-corrected chi connectivity index (χ0v) is 16.0. The molecular formula is C20H24N2O5. The third kappa shape index (κ3) is 4.00. The lowest BCUT2D eigenvalue weighted by molar-refractivity contribution is -0.139. The van der Waals surface area contributed by atoms with E-state index in [4.69, 9.17) is 24.7 Å². The van der Waals surface area contributed by atoms with Gasteiger partial charge in [-0.1, -0.05) is 13.0 Å². The summed E-state index contributed by atoms with van der Waals surface area (Å²) >= 11 is 0. The number of ether oxygens (including phenoxy) is 4. The van der Waals surface area contributed by atoms with Crippen molar-refractivity contribution in [3.8, 4) is 17.6 Å². The van der Waals surface area contributed by atoms with Gasteiger partial charge in [-0.15, -0.1) is 0 Å². The van der Waals surface area contributed by atoms with E-state index in [2.05, 4.69) is 6.07 Å². The minimum atomic E-state index is -0.745. The highest BCUT2D eigenvalue weighted by Gasteiger charge is 2.38. The largest absolute Gasteiger partial charge is 0.497 e. The van der Waals surface area contributed by atoms with Crippen molar-refractivity contribution in [3.05, 3.63) is 46.6 Å². The van der Waals surface area contributed by atoms with Crippen LogP contribution in [-0.2, 0) is 14.3 Å². The van der Waals surface area contributed by atoms with E-state index in [0.717, 1.165) is 6.42 Å². The molecule has 7 heteroatoms. The van der Waals surface area contributed by atoms with E-state index in [1.165, 1.54) is 7.11 Å². The van der Waals surface area contributed by atoms with Crippen LogP contribution in [0.4, 0.5) is 0 Å². The van der Waals surface area contributed by atoms with E-state index in [0.29, 0.717) is 29.2 Å². The number of hydrogen-bond donors (Lipinski definition) is 1. The van der Waals surface area contributed by atoms with Gasteiger partial charge >= 0.3 is 5.97 Å². The van der Waals surface area contributed by atoms with Crippen LogP contribution in [0.3, 0.4) is 0 Å². The van der Waals surface area contributed by atoms with Gasteiger partial charge in [-0.05, 0) is 19.4 Å². The lowest BCUT2D eigenvalue weighted by Gasteiger charge is -2.29. The number of benzene rings is 1. The van der Waals surface area contributed by atoms with Crippen molar-refractivity contribution in [1.29, 1.82) is 5.26 Å². The first-order valence-corrected chi connectivity index (χ1v) is 8.71. The molecule has 1 aliphatic rings. The topological polar surface area (TPSA) is 104 Å². The molecule has 0 bridgehead atoms. The first-order chi connectivity index (χ1) is 13.0. The van der Waals surface area contributed by atoms with Gasteiger partial charge in [0.15, 0.2) is 0 Å². The van der Waals surface area contributed by atoms with Crippen molar-refractivity contribution < 1.29 is 23.7 Å². The van der Waals surface area contributed by atoms with Gasteiger partial charge in [-0.3, -0.25) is 0 Å². The summed E-state index contributed by atoms with van der Waals surface area (Å²) in [7, 11) is 3.06. The van der Waals surface area contributed by atoms with Crippen molar-refractivity contribution in [3.63, 3.8) is 0 Å². The van der Waals surface area contributed by atoms with Crippen LogP contribution in [0, 0.1) is 11.3 Å². The van der Waals surface area contributed by atoms with Crippen molar-refractivity contribution in [1.82, 2.24) is 0 Å². The van der Waals surface area contributed by atoms with Gasteiger partial charge in [-0.2, -0.15) is 5.26 Å². The molecule has 1 heterocycles. The van der Waals surface area contributed by atoms with Crippen LogP contribution in [-0.4, -0.2) is 26.8 Å². The minimum absolute atomic E-state index is 0.0168. The molecule has 1 atom stereocenters. The number of hydrogen-bond acceptors (Lipinski definition) is 7. The molecule has 0 fully saturated rings. The Morgan fingerprint density at radius 2 is 2.04 bits per heavy atom. The number of nitrogens with two attached hydrogens (primary N) is 1. The van der Waals surface area contributed by atoms with Crippen molar-refractivity contribution in [2.45, 2.75) is 32.6 Å². The number of nitrogens with zero attached hydrogens (tertiary/aromatic N) is 1. The van der Waals surface area contributed by atoms with E-state index < -0.39 is 11.9 Å². The molecule has 0 radical (unpaired) electrons. The standard InChI is InChI=1S/C20H24N2O5/c1-5-7-15-18(20(23)26-6-2)17(14(11-21)19(22)27-15)13-9-8-12(24-3)10-16(13)25-4/h8-10,17H,5-7,22H2,1-4H3/t17-/m0/s1. The molecule has 2 N–H and O–H groups in total. The Labute approximate surface area is 159 Å². The number of carbonyl (C=O) groups excluding carboxylic acids is 1. The van der Waals surface area contributed by atoms with Crippen LogP contribution < -0.4 is 15.2 Å². The van der Waals surface area contributed by atoms with Crippen molar-refractivity contribution in [2.75, 3.05) is 20.8 Å². The molecular weight excluding hydrogens is 348 g/mol. The van der Waals surface area contributed by atoms with Gasteiger partial charge in [0.05, 0.1) is 32.3 Å². The number of esters is 1. The van der Waals surface area contributed by atoms with Crippen molar-refractivity contribution in [2.24, 2.45) is 5.73 Å². The summed E-state index contributed by atoms with van der Waals surface area (Å²) in [6, 6.07) is 7.25. The lowest BCUT2D eigenvalue weighted by atomic mass is 9.82. The predicted molar refractivity (Wildman–Crippen MR) is 98.8 cm³/mol. The summed E-state index contributed by atoms with van der Waals surface area (Å²) in [4.78, 5) is 12.8. The molecule has 1 aromatic carbocycles. The lowest BCUT2D eigenvalue weighted by Crippen LogP contribution is -2.26. The second-order valence-corrected chi connectivity index (χ2v) is 5.84. The zero-order valence-electron chi connectivity index (χ0n) is 16.0. The molecule has 0 saturated heterocycles. The first-order valence-electron chi connectivity index (χ1n) is 8.71. The van der Waals surface area contributed by atoms with Gasteiger partial charge in [0.25, 0.3) is 0 Å².